The minimum atomic E-state index is -0.274. The average Bonchev–Trinajstić information content (AvgIpc) is 2.34. The zero-order chi connectivity index (χ0) is 16.4. The first-order valence-corrected chi connectivity index (χ1v) is 7.76. The van der Waals surface area contributed by atoms with Crippen LogP contribution in [0.25, 0.3) is 6.08 Å². The van der Waals surface area contributed by atoms with Gasteiger partial charge in [-0.05, 0) is 51.5 Å². The Balaban J connectivity index is 1.95. The molecule has 0 unspecified atom stereocenters. The summed E-state index contributed by atoms with van der Waals surface area (Å²) in [4.78, 5) is 12.1. The Hall–Kier alpha value is -1.68. The molecule has 3 N–H and O–H groups in total. The normalized spacial score (nSPS) is 21.0. The summed E-state index contributed by atoms with van der Waals surface area (Å²) in [6.07, 6.45) is 5.13. The largest absolute Gasteiger partial charge is 0.349 e. The van der Waals surface area contributed by atoms with Crippen molar-refractivity contribution < 1.29 is 14.5 Å². The SMILES string of the molecule is CC1(C)CC(NC(=O)/C=C/c2ccc(F)cc2)CC(C)(C)[NH2+]1. The first-order chi connectivity index (χ1) is 10.2. The molecule has 0 aromatic heterocycles. The number of amides is 1. The summed E-state index contributed by atoms with van der Waals surface area (Å²) in [5.41, 5.74) is 1.06. The number of carbonyl (C=O) groups excluding carboxylic acids is 1. The van der Waals surface area contributed by atoms with Crippen molar-refractivity contribution in [3.05, 3.63) is 41.7 Å². The van der Waals surface area contributed by atoms with Gasteiger partial charge in [-0.25, -0.2) is 4.39 Å². The molecule has 3 nitrogen and oxygen atoms in total. The van der Waals surface area contributed by atoms with Crippen LogP contribution in [0.4, 0.5) is 4.39 Å². The van der Waals surface area contributed by atoms with Gasteiger partial charge in [-0.15, -0.1) is 0 Å². The van der Waals surface area contributed by atoms with Crippen LogP contribution in [0.15, 0.2) is 30.3 Å². The van der Waals surface area contributed by atoms with E-state index < -0.39 is 0 Å². The lowest BCUT2D eigenvalue weighted by atomic mass is 9.79. The third-order valence-electron chi connectivity index (χ3n) is 3.97. The van der Waals surface area contributed by atoms with E-state index in [-0.39, 0.29) is 28.8 Å². The number of halogens is 1. The van der Waals surface area contributed by atoms with Crippen molar-refractivity contribution in [3.63, 3.8) is 0 Å². The van der Waals surface area contributed by atoms with E-state index in [2.05, 4.69) is 38.3 Å². The highest BCUT2D eigenvalue weighted by atomic mass is 19.1. The Morgan fingerprint density at radius 3 is 2.27 bits per heavy atom. The molecular formula is C18H26FN2O+. The van der Waals surface area contributed by atoms with Gasteiger partial charge in [0.2, 0.25) is 5.91 Å². The summed E-state index contributed by atoms with van der Waals surface area (Å²) in [6, 6.07) is 6.27. The van der Waals surface area contributed by atoms with Crippen molar-refractivity contribution in [2.75, 3.05) is 0 Å². The first-order valence-electron chi connectivity index (χ1n) is 7.76. The van der Waals surface area contributed by atoms with Crippen LogP contribution in [-0.2, 0) is 4.79 Å². The maximum absolute atomic E-state index is 12.8. The number of quaternary nitrogens is 1. The molecule has 1 aliphatic heterocycles. The van der Waals surface area contributed by atoms with Crippen LogP contribution in [0, 0.1) is 5.82 Å². The Bertz CT molecular complexity index is 545. The summed E-state index contributed by atoms with van der Waals surface area (Å²) in [7, 11) is 0. The van der Waals surface area contributed by atoms with Crippen LogP contribution in [0.1, 0.15) is 46.1 Å². The molecule has 1 heterocycles. The minimum absolute atomic E-state index is 0.0946. The standard InChI is InChI=1S/C18H25FN2O/c1-17(2)11-15(12-18(3,4)21-17)20-16(22)10-7-13-5-8-14(19)9-6-13/h5-10,15,21H,11-12H2,1-4H3,(H,20,22)/p+1/b10-7+. The molecular weight excluding hydrogens is 279 g/mol. The number of piperidine rings is 1. The smallest absolute Gasteiger partial charge is 0.244 e. The lowest BCUT2D eigenvalue weighted by Crippen LogP contribution is -3.06. The van der Waals surface area contributed by atoms with Crippen molar-refractivity contribution in [1.29, 1.82) is 0 Å². The molecule has 4 heteroatoms. The van der Waals surface area contributed by atoms with Crippen molar-refractivity contribution in [2.45, 2.75) is 57.7 Å². The molecule has 22 heavy (non-hydrogen) atoms. The number of benzene rings is 1. The topological polar surface area (TPSA) is 45.7 Å². The average molecular weight is 305 g/mol. The van der Waals surface area contributed by atoms with Crippen LogP contribution in [0.2, 0.25) is 0 Å². The third-order valence-corrected chi connectivity index (χ3v) is 3.97. The highest BCUT2D eigenvalue weighted by molar-refractivity contribution is 5.91. The van der Waals surface area contributed by atoms with E-state index in [9.17, 15) is 9.18 Å². The van der Waals surface area contributed by atoms with E-state index in [1.807, 2.05) is 0 Å². The zero-order valence-electron chi connectivity index (χ0n) is 13.8. The van der Waals surface area contributed by atoms with Crippen molar-refractivity contribution in [1.82, 2.24) is 5.32 Å². The van der Waals surface area contributed by atoms with E-state index in [4.69, 9.17) is 0 Å². The van der Waals surface area contributed by atoms with E-state index in [1.54, 1.807) is 18.2 Å². The monoisotopic (exact) mass is 305 g/mol. The molecule has 0 radical (unpaired) electrons. The second-order valence-electron chi connectivity index (χ2n) is 7.62. The van der Waals surface area contributed by atoms with Crippen LogP contribution in [-0.4, -0.2) is 23.0 Å². The maximum atomic E-state index is 12.8. The van der Waals surface area contributed by atoms with E-state index in [1.165, 1.54) is 18.2 Å². The number of rotatable bonds is 3. The molecule has 1 aromatic rings. The van der Waals surface area contributed by atoms with Gasteiger partial charge in [-0.1, -0.05) is 12.1 Å². The Morgan fingerprint density at radius 2 is 1.73 bits per heavy atom. The van der Waals surface area contributed by atoms with E-state index in [0.29, 0.717) is 0 Å². The molecule has 0 aliphatic carbocycles. The minimum Gasteiger partial charge on any atom is -0.349 e. The highest BCUT2D eigenvalue weighted by Gasteiger charge is 2.41. The van der Waals surface area contributed by atoms with Gasteiger partial charge < -0.3 is 10.6 Å². The zero-order valence-corrected chi connectivity index (χ0v) is 13.8. The van der Waals surface area contributed by atoms with Crippen molar-refractivity contribution in [3.8, 4) is 0 Å². The number of hydrogen-bond donors (Lipinski definition) is 2. The fourth-order valence-corrected chi connectivity index (χ4v) is 3.62. The maximum Gasteiger partial charge on any atom is 0.244 e. The highest BCUT2D eigenvalue weighted by Crippen LogP contribution is 2.21. The molecule has 1 aliphatic rings. The third kappa shape index (κ3) is 4.95. The summed E-state index contributed by atoms with van der Waals surface area (Å²) in [5.74, 6) is -0.368. The van der Waals surface area contributed by atoms with Crippen LogP contribution >= 0.6 is 0 Å². The van der Waals surface area contributed by atoms with Gasteiger partial charge in [0.1, 0.15) is 5.82 Å². The van der Waals surface area contributed by atoms with Gasteiger partial charge in [0.25, 0.3) is 0 Å². The van der Waals surface area contributed by atoms with Gasteiger partial charge in [0.05, 0.1) is 11.1 Å². The summed E-state index contributed by atoms with van der Waals surface area (Å²) >= 11 is 0. The van der Waals surface area contributed by atoms with E-state index in [0.717, 1.165) is 18.4 Å². The lowest BCUT2D eigenvalue weighted by molar-refractivity contribution is -0.787. The number of nitrogens with two attached hydrogens (primary N) is 1. The lowest BCUT2D eigenvalue weighted by Gasteiger charge is -2.43. The summed E-state index contributed by atoms with van der Waals surface area (Å²) in [6.45, 7) is 8.84. The predicted molar refractivity (Wildman–Crippen MR) is 86.7 cm³/mol. The molecule has 0 saturated carbocycles. The summed E-state index contributed by atoms with van der Waals surface area (Å²) < 4.78 is 12.8. The number of nitrogens with one attached hydrogen (secondary N) is 1. The molecule has 1 aromatic carbocycles. The molecule has 1 amide bonds. The fraction of sp³-hybridized carbons (Fsp3) is 0.500. The first kappa shape index (κ1) is 16.7. The van der Waals surface area contributed by atoms with Gasteiger partial charge in [-0.2, -0.15) is 0 Å². The van der Waals surface area contributed by atoms with Gasteiger partial charge >= 0.3 is 0 Å². The quantitative estimate of drug-likeness (QED) is 0.827. The molecule has 0 bridgehead atoms. The molecule has 1 saturated heterocycles. The Labute approximate surface area is 132 Å². The molecule has 2 rings (SSSR count). The molecule has 120 valence electrons. The van der Waals surface area contributed by atoms with Gasteiger partial charge in [0.15, 0.2) is 0 Å². The van der Waals surface area contributed by atoms with E-state index >= 15 is 0 Å². The fourth-order valence-electron chi connectivity index (χ4n) is 3.62. The second-order valence-corrected chi connectivity index (χ2v) is 7.62. The Morgan fingerprint density at radius 1 is 1.18 bits per heavy atom. The van der Waals surface area contributed by atoms with Gasteiger partial charge in [-0.3, -0.25) is 4.79 Å². The Kier molecular flexibility index (Phi) is 4.71. The number of carbonyl (C=O) groups is 1. The molecule has 0 atom stereocenters. The van der Waals surface area contributed by atoms with Crippen molar-refractivity contribution in [2.24, 2.45) is 0 Å². The van der Waals surface area contributed by atoms with Crippen LogP contribution in [0.5, 0.6) is 0 Å². The molecule has 1 fully saturated rings. The predicted octanol–water partition coefficient (Wildman–Crippen LogP) is 2.24. The van der Waals surface area contributed by atoms with Gasteiger partial charge in [0, 0.05) is 25.0 Å². The second kappa shape index (κ2) is 6.21. The van der Waals surface area contributed by atoms with Crippen LogP contribution < -0.4 is 10.6 Å². The summed E-state index contributed by atoms with van der Waals surface area (Å²) in [5, 5.41) is 5.48. The van der Waals surface area contributed by atoms with Crippen molar-refractivity contribution >= 4 is 12.0 Å². The number of hydrogen-bond acceptors (Lipinski definition) is 1. The van der Waals surface area contributed by atoms with Crippen LogP contribution in [0.3, 0.4) is 0 Å². The molecule has 0 spiro atoms.